The lowest BCUT2D eigenvalue weighted by atomic mass is 10.1. The minimum absolute atomic E-state index is 0.253. The molecule has 0 saturated heterocycles. The third-order valence-electron chi connectivity index (χ3n) is 2.26. The summed E-state index contributed by atoms with van der Waals surface area (Å²) in [6.07, 6.45) is 3.27. The SMILES string of the molecule is O=C(O)c1cccc(COc2cncc(Br)c2)c1. The lowest BCUT2D eigenvalue weighted by Crippen LogP contribution is -2.00. The summed E-state index contributed by atoms with van der Waals surface area (Å²) in [5.41, 5.74) is 1.05. The van der Waals surface area contributed by atoms with Crippen molar-refractivity contribution in [2.24, 2.45) is 0 Å². The quantitative estimate of drug-likeness (QED) is 0.943. The third-order valence-corrected chi connectivity index (χ3v) is 2.69. The zero-order valence-electron chi connectivity index (χ0n) is 9.34. The number of ether oxygens (including phenoxy) is 1. The number of pyridine rings is 1. The molecule has 0 atom stereocenters. The fraction of sp³-hybridized carbons (Fsp3) is 0.0769. The van der Waals surface area contributed by atoms with Crippen LogP contribution in [0.5, 0.6) is 5.75 Å². The van der Waals surface area contributed by atoms with E-state index in [2.05, 4.69) is 20.9 Å². The summed E-state index contributed by atoms with van der Waals surface area (Å²) in [7, 11) is 0. The summed E-state index contributed by atoms with van der Waals surface area (Å²) in [5, 5.41) is 8.87. The first-order valence-corrected chi connectivity index (χ1v) is 6.00. The monoisotopic (exact) mass is 307 g/mol. The number of benzene rings is 1. The van der Waals surface area contributed by atoms with Crippen molar-refractivity contribution in [3.63, 3.8) is 0 Å². The van der Waals surface area contributed by atoms with Crippen LogP contribution in [0.25, 0.3) is 0 Å². The van der Waals surface area contributed by atoms with Gasteiger partial charge in [0.1, 0.15) is 12.4 Å². The van der Waals surface area contributed by atoms with Crippen LogP contribution in [0.1, 0.15) is 15.9 Å². The molecule has 0 aliphatic heterocycles. The van der Waals surface area contributed by atoms with Crippen LogP contribution in [0.2, 0.25) is 0 Å². The van der Waals surface area contributed by atoms with E-state index in [9.17, 15) is 4.79 Å². The highest BCUT2D eigenvalue weighted by Gasteiger charge is 2.03. The second-order valence-corrected chi connectivity index (χ2v) is 4.55. The Balaban J connectivity index is 2.06. The molecule has 2 rings (SSSR count). The summed E-state index contributed by atoms with van der Waals surface area (Å²) in [4.78, 5) is 14.8. The lowest BCUT2D eigenvalue weighted by Gasteiger charge is -2.06. The predicted octanol–water partition coefficient (Wildman–Crippen LogP) is 3.12. The second kappa shape index (κ2) is 5.64. The molecule has 1 heterocycles. The zero-order chi connectivity index (χ0) is 13.0. The normalized spacial score (nSPS) is 10.1. The van der Waals surface area contributed by atoms with E-state index in [4.69, 9.17) is 9.84 Å². The Bertz CT molecular complexity index is 572. The van der Waals surface area contributed by atoms with Gasteiger partial charge in [-0.05, 0) is 39.7 Å². The Morgan fingerprint density at radius 3 is 2.89 bits per heavy atom. The van der Waals surface area contributed by atoms with Crippen molar-refractivity contribution in [2.75, 3.05) is 0 Å². The van der Waals surface area contributed by atoms with E-state index in [1.54, 1.807) is 36.7 Å². The maximum absolute atomic E-state index is 10.8. The average molecular weight is 308 g/mol. The Kier molecular flexibility index (Phi) is 3.94. The van der Waals surface area contributed by atoms with Crippen molar-refractivity contribution >= 4 is 21.9 Å². The number of nitrogens with zero attached hydrogens (tertiary/aromatic N) is 1. The van der Waals surface area contributed by atoms with Gasteiger partial charge in [-0.1, -0.05) is 12.1 Å². The Labute approximate surface area is 112 Å². The molecule has 0 fully saturated rings. The van der Waals surface area contributed by atoms with Crippen LogP contribution >= 0.6 is 15.9 Å². The number of carboxylic acids is 1. The molecule has 4 nitrogen and oxygen atoms in total. The molecule has 1 aromatic heterocycles. The van der Waals surface area contributed by atoms with Gasteiger partial charge < -0.3 is 9.84 Å². The molecule has 0 spiro atoms. The highest BCUT2D eigenvalue weighted by molar-refractivity contribution is 9.10. The van der Waals surface area contributed by atoms with Gasteiger partial charge in [-0.25, -0.2) is 4.79 Å². The first kappa shape index (κ1) is 12.6. The number of aromatic carboxylic acids is 1. The van der Waals surface area contributed by atoms with Gasteiger partial charge in [0.25, 0.3) is 0 Å². The summed E-state index contributed by atoms with van der Waals surface area (Å²) < 4.78 is 6.35. The smallest absolute Gasteiger partial charge is 0.335 e. The van der Waals surface area contributed by atoms with Gasteiger partial charge in [0.05, 0.1) is 11.8 Å². The van der Waals surface area contributed by atoms with Gasteiger partial charge in [0.15, 0.2) is 0 Å². The van der Waals surface area contributed by atoms with E-state index in [0.29, 0.717) is 12.4 Å². The van der Waals surface area contributed by atoms with Crippen LogP contribution in [0.15, 0.2) is 47.2 Å². The van der Waals surface area contributed by atoms with Crippen molar-refractivity contribution in [1.82, 2.24) is 4.98 Å². The molecule has 0 aliphatic carbocycles. The zero-order valence-corrected chi connectivity index (χ0v) is 10.9. The number of aromatic nitrogens is 1. The summed E-state index contributed by atoms with van der Waals surface area (Å²) in [5.74, 6) is -0.314. The van der Waals surface area contributed by atoms with Crippen LogP contribution in [0, 0.1) is 0 Å². The molecule has 1 aromatic carbocycles. The molecule has 0 aliphatic rings. The molecule has 0 unspecified atom stereocenters. The molecule has 5 heteroatoms. The molecular weight excluding hydrogens is 298 g/mol. The average Bonchev–Trinajstić information content (AvgIpc) is 2.37. The largest absolute Gasteiger partial charge is 0.487 e. The number of carbonyl (C=O) groups is 1. The number of hydrogen-bond donors (Lipinski definition) is 1. The molecule has 2 aromatic rings. The maximum Gasteiger partial charge on any atom is 0.335 e. The van der Waals surface area contributed by atoms with Gasteiger partial charge in [-0.15, -0.1) is 0 Å². The van der Waals surface area contributed by atoms with E-state index >= 15 is 0 Å². The molecule has 92 valence electrons. The molecule has 0 bridgehead atoms. The predicted molar refractivity (Wildman–Crippen MR) is 69.7 cm³/mol. The minimum Gasteiger partial charge on any atom is -0.487 e. The van der Waals surface area contributed by atoms with Crippen LogP contribution in [-0.4, -0.2) is 16.1 Å². The first-order valence-electron chi connectivity index (χ1n) is 5.21. The number of halogens is 1. The van der Waals surface area contributed by atoms with E-state index < -0.39 is 5.97 Å². The van der Waals surface area contributed by atoms with Crippen molar-refractivity contribution in [2.45, 2.75) is 6.61 Å². The van der Waals surface area contributed by atoms with Crippen molar-refractivity contribution in [1.29, 1.82) is 0 Å². The lowest BCUT2D eigenvalue weighted by molar-refractivity contribution is 0.0696. The van der Waals surface area contributed by atoms with E-state index in [-0.39, 0.29) is 5.56 Å². The summed E-state index contributed by atoms with van der Waals surface area (Å²) in [6.45, 7) is 0.305. The standard InChI is InChI=1S/C13H10BrNO3/c14-11-5-12(7-15-6-11)18-8-9-2-1-3-10(4-9)13(16)17/h1-7H,8H2,(H,16,17). The fourth-order valence-corrected chi connectivity index (χ4v) is 1.78. The van der Waals surface area contributed by atoms with Crippen LogP contribution in [0.4, 0.5) is 0 Å². The van der Waals surface area contributed by atoms with Crippen LogP contribution in [-0.2, 0) is 6.61 Å². The van der Waals surface area contributed by atoms with Crippen molar-refractivity contribution in [3.05, 3.63) is 58.3 Å². The molecule has 0 amide bonds. The minimum atomic E-state index is -0.944. The maximum atomic E-state index is 10.8. The topological polar surface area (TPSA) is 59.4 Å². The highest BCUT2D eigenvalue weighted by atomic mass is 79.9. The summed E-state index contributed by atoms with van der Waals surface area (Å²) >= 11 is 3.30. The third kappa shape index (κ3) is 3.30. The van der Waals surface area contributed by atoms with Gasteiger partial charge >= 0.3 is 5.97 Å². The molecule has 0 saturated carbocycles. The van der Waals surface area contributed by atoms with Gasteiger partial charge in [-0.2, -0.15) is 0 Å². The molecule has 1 N–H and O–H groups in total. The number of hydrogen-bond acceptors (Lipinski definition) is 3. The van der Waals surface area contributed by atoms with E-state index in [1.165, 1.54) is 0 Å². The van der Waals surface area contributed by atoms with E-state index in [1.807, 2.05) is 6.07 Å². The van der Waals surface area contributed by atoms with Gasteiger partial charge in [0, 0.05) is 10.7 Å². The fourth-order valence-electron chi connectivity index (χ4n) is 1.43. The first-order chi connectivity index (χ1) is 8.65. The van der Waals surface area contributed by atoms with Gasteiger partial charge in [0.2, 0.25) is 0 Å². The number of rotatable bonds is 4. The second-order valence-electron chi connectivity index (χ2n) is 3.63. The van der Waals surface area contributed by atoms with Crippen molar-refractivity contribution in [3.8, 4) is 5.75 Å². The number of carboxylic acid groups (broad SMARTS) is 1. The highest BCUT2D eigenvalue weighted by Crippen LogP contribution is 2.17. The summed E-state index contributed by atoms with van der Waals surface area (Å²) in [6, 6.07) is 8.45. The molecular formula is C13H10BrNO3. The van der Waals surface area contributed by atoms with Crippen LogP contribution in [0.3, 0.4) is 0 Å². The van der Waals surface area contributed by atoms with Crippen LogP contribution < -0.4 is 4.74 Å². The van der Waals surface area contributed by atoms with Gasteiger partial charge in [-0.3, -0.25) is 4.98 Å². The Morgan fingerprint density at radius 2 is 2.17 bits per heavy atom. The van der Waals surface area contributed by atoms with E-state index in [0.717, 1.165) is 10.0 Å². The molecule has 18 heavy (non-hydrogen) atoms. The Morgan fingerprint density at radius 1 is 1.33 bits per heavy atom. The van der Waals surface area contributed by atoms with Crippen molar-refractivity contribution < 1.29 is 14.6 Å². The molecule has 0 radical (unpaired) electrons. The Hall–Kier alpha value is -1.88.